The van der Waals surface area contributed by atoms with E-state index < -0.39 is 0 Å². The topological polar surface area (TPSA) is 20.2 Å². The monoisotopic (exact) mass is 223 g/mol. The van der Waals surface area contributed by atoms with Gasteiger partial charge < -0.3 is 5.11 Å². The summed E-state index contributed by atoms with van der Waals surface area (Å²) in [7, 11) is 0. The number of benzene rings is 2. The third-order valence-corrected chi connectivity index (χ3v) is 2.19. The molecule has 15 heavy (non-hydrogen) atoms. The molecule has 1 N–H and O–H groups in total. The van der Waals surface area contributed by atoms with Crippen molar-refractivity contribution in [2.45, 2.75) is 6.42 Å². The molecule has 1 nitrogen and oxygen atoms in total. The summed E-state index contributed by atoms with van der Waals surface area (Å²) in [4.78, 5) is 0. The first-order chi connectivity index (χ1) is 6.84. The van der Waals surface area contributed by atoms with Crippen molar-refractivity contribution in [1.82, 2.24) is 0 Å². The van der Waals surface area contributed by atoms with E-state index in [9.17, 15) is 0 Å². The summed E-state index contributed by atoms with van der Waals surface area (Å²) in [5.41, 5.74) is 2.51. The zero-order valence-electron chi connectivity index (χ0n) is 8.85. The fourth-order valence-electron chi connectivity index (χ4n) is 1.45. The summed E-state index contributed by atoms with van der Waals surface area (Å²) >= 11 is 0. The van der Waals surface area contributed by atoms with Crippen LogP contribution in [-0.2, 0) is 6.42 Å². The molecule has 0 aromatic heterocycles. The van der Waals surface area contributed by atoms with Crippen molar-refractivity contribution in [1.29, 1.82) is 0 Å². The summed E-state index contributed by atoms with van der Waals surface area (Å²) in [5.74, 6) is 0.321. The van der Waals surface area contributed by atoms with Crippen LogP contribution in [0.2, 0.25) is 0 Å². The predicted molar refractivity (Wildman–Crippen MR) is 63.1 cm³/mol. The van der Waals surface area contributed by atoms with Crippen molar-refractivity contribution < 1.29 is 5.11 Å². The maximum absolute atomic E-state index is 9.12. The van der Waals surface area contributed by atoms with E-state index in [-0.39, 0.29) is 51.4 Å². The molecule has 0 saturated carbocycles. The minimum Gasteiger partial charge on any atom is -0.508 e. The van der Waals surface area contributed by atoms with Crippen molar-refractivity contribution in [3.05, 3.63) is 65.7 Å². The summed E-state index contributed by atoms with van der Waals surface area (Å²) in [6.07, 6.45) is 0.918. The molecule has 0 aliphatic rings. The molecule has 2 aromatic rings. The summed E-state index contributed by atoms with van der Waals surface area (Å²) in [5, 5.41) is 9.12. The number of phenols is 1. The third-order valence-electron chi connectivity index (χ3n) is 2.19. The second-order valence-electron chi connectivity index (χ2n) is 3.33. The van der Waals surface area contributed by atoms with Gasteiger partial charge in [0.2, 0.25) is 0 Å². The average Bonchev–Trinajstić information content (AvgIpc) is 2.23. The van der Waals surface area contributed by atoms with E-state index in [1.807, 2.05) is 30.3 Å². The van der Waals surface area contributed by atoms with E-state index in [0.717, 1.165) is 6.42 Å². The van der Waals surface area contributed by atoms with E-state index in [1.54, 1.807) is 12.1 Å². The SMILES string of the molecule is Oc1ccc(Cc2ccccc2)cc1.[K]. The van der Waals surface area contributed by atoms with Crippen LogP contribution in [0.4, 0.5) is 0 Å². The zero-order chi connectivity index (χ0) is 9.80. The average molecular weight is 223 g/mol. The van der Waals surface area contributed by atoms with E-state index in [0.29, 0.717) is 5.75 Å². The smallest absolute Gasteiger partial charge is 0.115 e. The van der Waals surface area contributed by atoms with Crippen LogP contribution in [0.25, 0.3) is 0 Å². The standard InChI is InChI=1S/C13H12O.K/c14-13-8-6-12(7-9-13)10-11-4-2-1-3-5-11;/h1-9,14H,10H2;. The van der Waals surface area contributed by atoms with Crippen molar-refractivity contribution >= 4 is 51.4 Å². The van der Waals surface area contributed by atoms with Gasteiger partial charge in [-0.3, -0.25) is 0 Å². The van der Waals surface area contributed by atoms with Gasteiger partial charge >= 0.3 is 0 Å². The Labute approximate surface area is 133 Å². The van der Waals surface area contributed by atoms with Crippen LogP contribution in [-0.4, -0.2) is 56.5 Å². The first kappa shape index (κ1) is 12.9. The normalized spacial score (nSPS) is 9.33. The predicted octanol–water partition coefficient (Wildman–Crippen LogP) is 2.60. The van der Waals surface area contributed by atoms with E-state index in [2.05, 4.69) is 12.1 Å². The van der Waals surface area contributed by atoms with E-state index in [1.165, 1.54) is 11.1 Å². The molecule has 0 fully saturated rings. The molecular formula is C13H12KO. The molecule has 0 saturated heterocycles. The van der Waals surface area contributed by atoms with Gasteiger partial charge in [0.15, 0.2) is 0 Å². The van der Waals surface area contributed by atoms with Crippen molar-refractivity contribution in [2.24, 2.45) is 0 Å². The molecular weight excluding hydrogens is 211 g/mol. The molecule has 0 spiro atoms. The van der Waals surface area contributed by atoms with Crippen LogP contribution in [0, 0.1) is 0 Å². The summed E-state index contributed by atoms with van der Waals surface area (Å²) in [6.45, 7) is 0. The molecule has 2 rings (SSSR count). The van der Waals surface area contributed by atoms with E-state index in [4.69, 9.17) is 5.11 Å². The molecule has 0 aliphatic heterocycles. The number of rotatable bonds is 2. The number of phenolic OH excluding ortho intramolecular Hbond substituents is 1. The first-order valence-electron chi connectivity index (χ1n) is 4.66. The summed E-state index contributed by atoms with van der Waals surface area (Å²) in [6, 6.07) is 17.6. The van der Waals surface area contributed by atoms with Crippen LogP contribution in [0.5, 0.6) is 5.75 Å². The molecule has 0 bridgehead atoms. The Morgan fingerprint density at radius 1 is 0.733 bits per heavy atom. The number of hydrogen-bond acceptors (Lipinski definition) is 1. The van der Waals surface area contributed by atoms with Gasteiger partial charge in [-0.15, -0.1) is 0 Å². The molecule has 0 atom stereocenters. The van der Waals surface area contributed by atoms with Gasteiger partial charge in [0, 0.05) is 51.4 Å². The third kappa shape index (κ3) is 4.09. The molecule has 0 unspecified atom stereocenters. The van der Waals surface area contributed by atoms with Gasteiger partial charge in [0.25, 0.3) is 0 Å². The minimum absolute atomic E-state index is 0. The molecule has 0 aliphatic carbocycles. The van der Waals surface area contributed by atoms with Crippen molar-refractivity contribution in [3.63, 3.8) is 0 Å². The van der Waals surface area contributed by atoms with E-state index >= 15 is 0 Å². The molecule has 1 radical (unpaired) electrons. The van der Waals surface area contributed by atoms with Gasteiger partial charge in [-0.2, -0.15) is 0 Å². The van der Waals surface area contributed by atoms with Crippen LogP contribution in [0.15, 0.2) is 54.6 Å². The maximum atomic E-state index is 9.12. The zero-order valence-corrected chi connectivity index (χ0v) is 12.0. The first-order valence-corrected chi connectivity index (χ1v) is 4.66. The Morgan fingerprint density at radius 2 is 1.27 bits per heavy atom. The van der Waals surface area contributed by atoms with Crippen LogP contribution in [0.1, 0.15) is 11.1 Å². The van der Waals surface area contributed by atoms with Gasteiger partial charge in [-0.25, -0.2) is 0 Å². The second-order valence-corrected chi connectivity index (χ2v) is 3.33. The van der Waals surface area contributed by atoms with Gasteiger partial charge in [0.05, 0.1) is 0 Å². The minimum atomic E-state index is 0. The molecule has 71 valence electrons. The van der Waals surface area contributed by atoms with Crippen LogP contribution in [0.3, 0.4) is 0 Å². The van der Waals surface area contributed by atoms with Gasteiger partial charge in [-0.1, -0.05) is 42.5 Å². The fourth-order valence-corrected chi connectivity index (χ4v) is 1.45. The maximum Gasteiger partial charge on any atom is 0.115 e. The number of aromatic hydroxyl groups is 1. The number of hydrogen-bond donors (Lipinski definition) is 1. The molecule has 2 heteroatoms. The Morgan fingerprint density at radius 3 is 1.87 bits per heavy atom. The Bertz CT molecular complexity index is 395. The molecule has 2 aromatic carbocycles. The van der Waals surface area contributed by atoms with Crippen molar-refractivity contribution in [3.8, 4) is 5.75 Å². The Balaban J connectivity index is 0.00000112. The van der Waals surface area contributed by atoms with Gasteiger partial charge in [0.1, 0.15) is 5.75 Å². The van der Waals surface area contributed by atoms with Crippen LogP contribution < -0.4 is 0 Å². The van der Waals surface area contributed by atoms with Crippen molar-refractivity contribution in [2.75, 3.05) is 0 Å². The van der Waals surface area contributed by atoms with Gasteiger partial charge in [-0.05, 0) is 29.7 Å². The fraction of sp³-hybridized carbons (Fsp3) is 0.0769. The second kappa shape index (κ2) is 6.46. The Hall–Kier alpha value is -0.124. The molecule has 0 amide bonds. The largest absolute Gasteiger partial charge is 0.508 e. The Kier molecular flexibility index (Phi) is 5.57. The molecule has 0 heterocycles. The summed E-state index contributed by atoms with van der Waals surface area (Å²) < 4.78 is 0. The van der Waals surface area contributed by atoms with Crippen LogP contribution >= 0.6 is 0 Å². The quantitative estimate of drug-likeness (QED) is 0.776.